The molecule has 0 spiro atoms. The fourth-order valence-electron chi connectivity index (χ4n) is 4.63. The molecule has 0 aliphatic carbocycles. The SMILES string of the molecule is Cc1cc(C)c(-n2nnnc2C(NCC2(C)CCCCO2)c2c[nH]c(=O)c(C)c2)c(C)c1. The number of pyridine rings is 1. The third kappa shape index (κ3) is 4.52. The van der Waals surface area contributed by atoms with Crippen molar-refractivity contribution in [2.24, 2.45) is 0 Å². The second-order valence-corrected chi connectivity index (χ2v) is 9.21. The van der Waals surface area contributed by atoms with Crippen LogP contribution in [0.1, 0.15) is 65.9 Å². The van der Waals surface area contributed by atoms with Crippen LogP contribution in [-0.2, 0) is 4.74 Å². The van der Waals surface area contributed by atoms with Gasteiger partial charge in [0.2, 0.25) is 0 Å². The summed E-state index contributed by atoms with van der Waals surface area (Å²) in [6.45, 7) is 11.6. The van der Waals surface area contributed by atoms with Gasteiger partial charge in [-0.25, -0.2) is 0 Å². The van der Waals surface area contributed by atoms with Crippen molar-refractivity contribution < 1.29 is 4.74 Å². The lowest BCUT2D eigenvalue weighted by molar-refractivity contribution is -0.0640. The van der Waals surface area contributed by atoms with Crippen LogP contribution in [0.4, 0.5) is 0 Å². The number of rotatable bonds is 6. The largest absolute Gasteiger partial charge is 0.374 e. The lowest BCUT2D eigenvalue weighted by Crippen LogP contribution is -2.44. The molecule has 1 aliphatic rings. The van der Waals surface area contributed by atoms with Gasteiger partial charge in [-0.05, 0) is 87.1 Å². The van der Waals surface area contributed by atoms with Crippen molar-refractivity contribution in [3.63, 3.8) is 0 Å². The molecular formula is C24H32N6O2. The van der Waals surface area contributed by atoms with Crippen molar-refractivity contribution in [2.45, 2.75) is 65.5 Å². The zero-order chi connectivity index (χ0) is 22.9. The Labute approximate surface area is 188 Å². The average molecular weight is 437 g/mol. The number of nitrogens with zero attached hydrogens (tertiary/aromatic N) is 4. The molecule has 8 heteroatoms. The molecule has 1 aliphatic heterocycles. The molecule has 4 rings (SSSR count). The van der Waals surface area contributed by atoms with Gasteiger partial charge in [0.25, 0.3) is 5.56 Å². The zero-order valence-electron chi connectivity index (χ0n) is 19.5. The van der Waals surface area contributed by atoms with E-state index in [4.69, 9.17) is 4.74 Å². The molecule has 3 aromatic rings. The van der Waals surface area contributed by atoms with Gasteiger partial charge in [-0.3, -0.25) is 4.79 Å². The van der Waals surface area contributed by atoms with Crippen LogP contribution in [0.3, 0.4) is 0 Å². The summed E-state index contributed by atoms with van der Waals surface area (Å²) >= 11 is 0. The molecule has 2 N–H and O–H groups in total. The standard InChI is InChI=1S/C24H32N6O2/c1-15-10-16(2)21(17(3)11-15)30-22(27-28-29-30)20(19-12-18(4)23(31)25-13-19)26-14-24(5)8-6-7-9-32-24/h10-13,20,26H,6-9,14H2,1-5H3,(H,25,31). The molecule has 0 amide bonds. The summed E-state index contributed by atoms with van der Waals surface area (Å²) in [6.07, 6.45) is 4.99. The number of aromatic amines is 1. The maximum absolute atomic E-state index is 12.0. The molecule has 3 heterocycles. The number of aryl methyl sites for hydroxylation is 4. The molecule has 8 nitrogen and oxygen atoms in total. The Morgan fingerprint density at radius 2 is 1.91 bits per heavy atom. The fraction of sp³-hybridized carbons (Fsp3) is 0.500. The first-order valence-corrected chi connectivity index (χ1v) is 11.2. The number of ether oxygens (including phenoxy) is 1. The van der Waals surface area contributed by atoms with Gasteiger partial charge < -0.3 is 15.0 Å². The maximum atomic E-state index is 12.0. The van der Waals surface area contributed by atoms with Crippen molar-refractivity contribution in [1.29, 1.82) is 0 Å². The molecule has 2 aromatic heterocycles. The summed E-state index contributed by atoms with van der Waals surface area (Å²) in [5.41, 5.74) is 5.60. The van der Waals surface area contributed by atoms with Gasteiger partial charge >= 0.3 is 0 Å². The molecule has 170 valence electrons. The van der Waals surface area contributed by atoms with E-state index in [-0.39, 0.29) is 17.2 Å². The van der Waals surface area contributed by atoms with Crippen LogP contribution in [0.2, 0.25) is 0 Å². The van der Waals surface area contributed by atoms with E-state index >= 15 is 0 Å². The molecule has 1 fully saturated rings. The predicted molar refractivity (Wildman–Crippen MR) is 123 cm³/mol. The van der Waals surface area contributed by atoms with E-state index in [0.717, 1.165) is 48.2 Å². The first-order valence-electron chi connectivity index (χ1n) is 11.2. The number of hydrogen-bond donors (Lipinski definition) is 2. The third-order valence-corrected chi connectivity index (χ3v) is 6.27. The van der Waals surface area contributed by atoms with Crippen molar-refractivity contribution in [3.8, 4) is 5.69 Å². The highest BCUT2D eigenvalue weighted by atomic mass is 16.5. The molecule has 1 saturated heterocycles. The summed E-state index contributed by atoms with van der Waals surface area (Å²) in [5.74, 6) is 0.672. The molecule has 0 bridgehead atoms. The Kier molecular flexibility index (Phi) is 6.26. The van der Waals surface area contributed by atoms with Crippen LogP contribution in [0.25, 0.3) is 5.69 Å². The minimum atomic E-state index is -0.317. The Morgan fingerprint density at radius 1 is 1.16 bits per heavy atom. The van der Waals surface area contributed by atoms with Crippen molar-refractivity contribution in [2.75, 3.05) is 13.2 Å². The van der Waals surface area contributed by atoms with Crippen LogP contribution < -0.4 is 10.9 Å². The van der Waals surface area contributed by atoms with E-state index in [1.165, 1.54) is 5.56 Å². The fourth-order valence-corrected chi connectivity index (χ4v) is 4.63. The summed E-state index contributed by atoms with van der Waals surface area (Å²) < 4.78 is 7.91. The van der Waals surface area contributed by atoms with Crippen molar-refractivity contribution >= 4 is 0 Å². The smallest absolute Gasteiger partial charge is 0.250 e. The number of benzene rings is 1. The highest BCUT2D eigenvalue weighted by Crippen LogP contribution is 2.28. The van der Waals surface area contributed by atoms with Gasteiger partial charge in [-0.1, -0.05) is 17.7 Å². The summed E-state index contributed by atoms with van der Waals surface area (Å²) in [7, 11) is 0. The predicted octanol–water partition coefficient (Wildman–Crippen LogP) is 3.22. The number of tetrazole rings is 1. The van der Waals surface area contributed by atoms with E-state index < -0.39 is 0 Å². The van der Waals surface area contributed by atoms with Crippen LogP contribution in [0, 0.1) is 27.7 Å². The van der Waals surface area contributed by atoms with Gasteiger partial charge in [0.1, 0.15) is 0 Å². The number of aromatic nitrogens is 5. The highest BCUT2D eigenvalue weighted by molar-refractivity contribution is 5.49. The number of hydrogen-bond acceptors (Lipinski definition) is 6. The first kappa shape index (κ1) is 22.4. The minimum absolute atomic E-state index is 0.0973. The zero-order valence-corrected chi connectivity index (χ0v) is 19.5. The van der Waals surface area contributed by atoms with Gasteiger partial charge in [0, 0.05) is 24.9 Å². The minimum Gasteiger partial charge on any atom is -0.374 e. The Balaban J connectivity index is 1.77. The lowest BCUT2D eigenvalue weighted by Gasteiger charge is -2.35. The topological polar surface area (TPSA) is 97.7 Å². The molecule has 1 aromatic carbocycles. The van der Waals surface area contributed by atoms with Gasteiger partial charge in [-0.2, -0.15) is 4.68 Å². The van der Waals surface area contributed by atoms with Gasteiger partial charge in [0.05, 0.1) is 17.3 Å². The van der Waals surface area contributed by atoms with Crippen LogP contribution in [0.15, 0.2) is 29.2 Å². The van der Waals surface area contributed by atoms with E-state index in [9.17, 15) is 4.79 Å². The molecule has 2 atom stereocenters. The van der Waals surface area contributed by atoms with Crippen LogP contribution >= 0.6 is 0 Å². The van der Waals surface area contributed by atoms with E-state index in [0.29, 0.717) is 17.9 Å². The molecule has 2 unspecified atom stereocenters. The van der Waals surface area contributed by atoms with Gasteiger partial charge in [-0.15, -0.1) is 5.10 Å². The first-order chi connectivity index (χ1) is 15.3. The Bertz CT molecular complexity index is 1140. The van der Waals surface area contributed by atoms with Crippen molar-refractivity contribution in [3.05, 3.63) is 68.4 Å². The highest BCUT2D eigenvalue weighted by Gasteiger charge is 2.31. The molecule has 0 radical (unpaired) electrons. The molecule has 32 heavy (non-hydrogen) atoms. The van der Waals surface area contributed by atoms with E-state index in [1.807, 2.05) is 17.7 Å². The summed E-state index contributed by atoms with van der Waals surface area (Å²) in [6, 6.07) is 5.85. The number of nitrogens with one attached hydrogen (secondary N) is 2. The molecule has 0 saturated carbocycles. The summed E-state index contributed by atoms with van der Waals surface area (Å²) in [4.78, 5) is 14.8. The van der Waals surface area contributed by atoms with Crippen LogP contribution in [0.5, 0.6) is 0 Å². The van der Waals surface area contributed by atoms with Gasteiger partial charge in [0.15, 0.2) is 5.82 Å². The Hall–Kier alpha value is -2.84. The monoisotopic (exact) mass is 436 g/mol. The normalized spacial score (nSPS) is 19.8. The third-order valence-electron chi connectivity index (χ3n) is 6.27. The average Bonchev–Trinajstić information content (AvgIpc) is 3.19. The lowest BCUT2D eigenvalue weighted by atomic mass is 9.95. The van der Waals surface area contributed by atoms with Crippen LogP contribution in [-0.4, -0.2) is 43.9 Å². The molecular weight excluding hydrogens is 404 g/mol. The van der Waals surface area contributed by atoms with E-state index in [2.05, 4.69) is 65.7 Å². The second-order valence-electron chi connectivity index (χ2n) is 9.21. The quantitative estimate of drug-likeness (QED) is 0.616. The summed E-state index contributed by atoms with van der Waals surface area (Å²) in [5, 5.41) is 16.4. The maximum Gasteiger partial charge on any atom is 0.250 e. The Morgan fingerprint density at radius 3 is 2.56 bits per heavy atom. The van der Waals surface area contributed by atoms with E-state index in [1.54, 1.807) is 6.20 Å². The number of H-pyrrole nitrogens is 1. The van der Waals surface area contributed by atoms with Crippen molar-refractivity contribution in [1.82, 2.24) is 30.5 Å². The second kappa shape index (κ2) is 8.96.